The normalized spacial score (nSPS) is 0. The zero-order valence-electron chi connectivity index (χ0n) is 1.71. The maximum Gasteiger partial charge on any atom is 0 e. The van der Waals surface area contributed by atoms with Gasteiger partial charge in [-0.25, -0.2) is 0 Å². The van der Waals surface area contributed by atoms with Gasteiger partial charge in [0.05, 0.1) is 0 Å². The van der Waals surface area contributed by atoms with Gasteiger partial charge in [0, 0.05) is 56.8 Å². The Morgan fingerprint density at radius 1 is 1.00 bits per heavy atom. The third-order valence-electron chi connectivity index (χ3n) is 0. The molecule has 1 nitrogen and oxygen atoms in total. The van der Waals surface area contributed by atoms with Crippen molar-refractivity contribution in [3.05, 3.63) is 0 Å². The molecule has 0 amide bonds. The minimum atomic E-state index is 0. The molecule has 0 unspecified atom stereocenters. The van der Waals surface area contributed by atoms with Crippen molar-refractivity contribution < 1.29 is 62.3 Å². The molecule has 0 bridgehead atoms. The van der Waals surface area contributed by atoms with Crippen LogP contribution in [-0.2, 0) is 56.8 Å². The molecule has 2 N–H and O–H groups in total. The third kappa shape index (κ3) is 26.4. The van der Waals surface area contributed by atoms with Crippen LogP contribution in [0.5, 0.6) is 0 Å². The molecule has 0 saturated carbocycles. The zero-order valence-corrected chi connectivity index (χ0v) is 6.29. The van der Waals surface area contributed by atoms with E-state index in [-0.39, 0.29) is 69.7 Å². The van der Waals surface area contributed by atoms with Gasteiger partial charge in [0.15, 0.2) is 0 Å². The summed E-state index contributed by atoms with van der Waals surface area (Å²) >= 11 is 0. The predicted molar refractivity (Wildman–Crippen MR) is 10.3 cm³/mol. The van der Waals surface area contributed by atoms with Gasteiger partial charge in [-0.1, -0.05) is 7.43 Å². The van der Waals surface area contributed by atoms with Crippen LogP contribution in [0.25, 0.3) is 0 Å². The van der Waals surface area contributed by atoms with Gasteiger partial charge in [0.2, 0.25) is 0 Å². The van der Waals surface area contributed by atoms with Crippen LogP contribution in [-0.4, -0.2) is 5.48 Å². The Bertz CT molecular complexity index is 11.6. The Balaban J connectivity index is 0. The fourth-order valence-corrected chi connectivity index (χ4v) is 0. The van der Waals surface area contributed by atoms with Gasteiger partial charge in [-0.05, 0) is 0 Å². The second-order valence-corrected chi connectivity index (χ2v) is 0. The summed E-state index contributed by atoms with van der Waals surface area (Å²) in [6.07, 6.45) is 0. The number of hydrogen-bond donors (Lipinski definition) is 0. The molecule has 5 heavy (non-hydrogen) atoms. The number of hydrogen-bond acceptors (Lipinski definition) is 0. The molecular weight excluding hydrogens is 229 g/mol. The molecule has 0 aromatic heterocycles. The second kappa shape index (κ2) is 42.3. The van der Waals surface area contributed by atoms with Crippen molar-refractivity contribution in [2.24, 2.45) is 0 Å². The molecule has 0 spiro atoms. The summed E-state index contributed by atoms with van der Waals surface area (Å²) in [5, 5.41) is 0. The average molecular weight is 235 g/mol. The molecule has 0 aliphatic carbocycles. The summed E-state index contributed by atoms with van der Waals surface area (Å²) in [4.78, 5) is 0. The van der Waals surface area contributed by atoms with Gasteiger partial charge in [-0.2, -0.15) is 0 Å². The molecule has 0 aliphatic heterocycles. The Labute approximate surface area is 69.3 Å². The van der Waals surface area contributed by atoms with Crippen molar-refractivity contribution in [1.29, 1.82) is 0 Å². The molecule has 0 heterocycles. The van der Waals surface area contributed by atoms with Crippen LogP contribution >= 0.6 is 0 Å². The molecule has 0 saturated heterocycles. The predicted octanol–water partition coefficient (Wildman–Crippen LogP) is -0.196. The fraction of sp³-hybridized carbons (Fsp3) is 1.00. The van der Waals surface area contributed by atoms with Crippen LogP contribution in [0.2, 0.25) is 0 Å². The molecular formula is CH6CrFeNbO. The first-order valence-corrected chi connectivity index (χ1v) is 0. The quantitative estimate of drug-likeness (QED) is 0.521. The Morgan fingerprint density at radius 3 is 1.00 bits per heavy atom. The Morgan fingerprint density at radius 2 is 1.00 bits per heavy atom. The first-order valence-electron chi connectivity index (χ1n) is 0. The van der Waals surface area contributed by atoms with Crippen molar-refractivity contribution >= 4 is 0 Å². The van der Waals surface area contributed by atoms with E-state index in [1.165, 1.54) is 0 Å². The Hall–Kier alpha value is 1.75. The van der Waals surface area contributed by atoms with Gasteiger partial charge in [-0.15, -0.1) is 0 Å². The Kier molecular flexibility index (Phi) is 616. The second-order valence-electron chi connectivity index (χ2n) is 0. The van der Waals surface area contributed by atoms with Crippen LogP contribution in [0.3, 0.4) is 0 Å². The van der Waals surface area contributed by atoms with E-state index in [2.05, 4.69) is 0 Å². The molecule has 0 aromatic rings. The van der Waals surface area contributed by atoms with Gasteiger partial charge in [0.25, 0.3) is 0 Å². The smallest absolute Gasteiger partial charge is 0 e. The topological polar surface area (TPSA) is 31.5 Å². The van der Waals surface area contributed by atoms with E-state index in [9.17, 15) is 0 Å². The molecule has 0 aromatic carbocycles. The average Bonchev–Trinajstić information content (AvgIpc) is 0. The van der Waals surface area contributed by atoms with E-state index in [0.717, 1.165) is 0 Å². The monoisotopic (exact) mass is 235 g/mol. The standard InChI is InChI=1S/CH4.Cr.Fe.Nb.H2O/h1H4;;;;1H2. The van der Waals surface area contributed by atoms with Crippen molar-refractivity contribution in [1.82, 2.24) is 0 Å². The van der Waals surface area contributed by atoms with E-state index in [0.29, 0.717) is 0 Å². The molecule has 0 aliphatic rings. The molecule has 35 valence electrons. The van der Waals surface area contributed by atoms with Crippen LogP contribution < -0.4 is 0 Å². The van der Waals surface area contributed by atoms with E-state index in [4.69, 9.17) is 0 Å². The fourth-order valence-electron chi connectivity index (χ4n) is 0. The van der Waals surface area contributed by atoms with Crippen LogP contribution in [0.4, 0.5) is 0 Å². The summed E-state index contributed by atoms with van der Waals surface area (Å²) in [7, 11) is 0. The summed E-state index contributed by atoms with van der Waals surface area (Å²) in [5.41, 5.74) is 0. The van der Waals surface area contributed by atoms with E-state index < -0.39 is 0 Å². The van der Waals surface area contributed by atoms with Crippen molar-refractivity contribution in [3.8, 4) is 0 Å². The molecule has 0 atom stereocenters. The maximum atomic E-state index is 0. The summed E-state index contributed by atoms with van der Waals surface area (Å²) < 4.78 is 0. The minimum Gasteiger partial charge on any atom is -0.412 e. The van der Waals surface area contributed by atoms with E-state index in [1.54, 1.807) is 0 Å². The first kappa shape index (κ1) is 72.8. The molecule has 4 heteroatoms. The van der Waals surface area contributed by atoms with Gasteiger partial charge < -0.3 is 5.48 Å². The van der Waals surface area contributed by atoms with Crippen LogP contribution in [0.15, 0.2) is 0 Å². The molecule has 0 rings (SSSR count). The third-order valence-corrected chi connectivity index (χ3v) is 0. The van der Waals surface area contributed by atoms with Gasteiger partial charge in [-0.3, -0.25) is 0 Å². The first-order chi connectivity index (χ1) is 0. The summed E-state index contributed by atoms with van der Waals surface area (Å²) in [6, 6.07) is 0. The summed E-state index contributed by atoms with van der Waals surface area (Å²) in [5.74, 6) is 0. The van der Waals surface area contributed by atoms with Crippen molar-refractivity contribution in [2.75, 3.05) is 0 Å². The largest absolute Gasteiger partial charge is 0.412 e. The number of rotatable bonds is 0. The van der Waals surface area contributed by atoms with E-state index >= 15 is 0 Å². The van der Waals surface area contributed by atoms with Crippen LogP contribution in [0, 0.1) is 0 Å². The van der Waals surface area contributed by atoms with Crippen molar-refractivity contribution in [2.45, 2.75) is 7.43 Å². The molecule has 0 fully saturated rings. The molecule has 1 radical (unpaired) electrons. The van der Waals surface area contributed by atoms with Gasteiger partial charge in [0.1, 0.15) is 0 Å². The zero-order chi connectivity index (χ0) is 0. The maximum absolute atomic E-state index is 0. The summed E-state index contributed by atoms with van der Waals surface area (Å²) in [6.45, 7) is 0. The minimum absolute atomic E-state index is 0. The SMILES string of the molecule is C.O.[Cr].[Fe].[Nb]. The van der Waals surface area contributed by atoms with E-state index in [1.807, 2.05) is 0 Å². The van der Waals surface area contributed by atoms with Gasteiger partial charge >= 0.3 is 0 Å². The van der Waals surface area contributed by atoms with Crippen LogP contribution in [0.1, 0.15) is 7.43 Å². The van der Waals surface area contributed by atoms with Crippen molar-refractivity contribution in [3.63, 3.8) is 0 Å².